The summed E-state index contributed by atoms with van der Waals surface area (Å²) in [5.74, 6) is -0.924. The molecule has 2 fully saturated rings. The number of esters is 1. The molecule has 6 rings (SSSR count). The van der Waals surface area contributed by atoms with Crippen molar-refractivity contribution in [2.75, 3.05) is 17.2 Å². The van der Waals surface area contributed by atoms with E-state index in [4.69, 9.17) is 21.2 Å². The zero-order valence-corrected chi connectivity index (χ0v) is 29.9. The quantitative estimate of drug-likeness (QED) is 0.0964. The van der Waals surface area contributed by atoms with Crippen molar-refractivity contribution >= 4 is 46.8 Å². The molecular weight excluding hydrogens is 649 g/mol. The number of rotatable bonds is 9. The largest absolute Gasteiger partial charge is 1.00 e. The number of nitrogens with one attached hydrogen (secondary N) is 2. The van der Waals surface area contributed by atoms with Crippen LogP contribution in [0.2, 0.25) is 0 Å². The van der Waals surface area contributed by atoms with Crippen molar-refractivity contribution in [2.45, 2.75) is 84.2 Å². The van der Waals surface area contributed by atoms with Gasteiger partial charge >= 0.3 is 41.5 Å². The fourth-order valence-electron chi connectivity index (χ4n) is 6.06. The molecule has 0 radical (unpaired) electrons. The van der Waals surface area contributed by atoms with E-state index in [9.17, 15) is 14.4 Å². The number of ether oxygens (including phenoxy) is 2. The van der Waals surface area contributed by atoms with Gasteiger partial charge < -0.3 is 30.7 Å². The van der Waals surface area contributed by atoms with E-state index >= 15 is 0 Å². The first-order chi connectivity index (χ1) is 22.8. The second kappa shape index (κ2) is 17.8. The van der Waals surface area contributed by atoms with E-state index in [0.29, 0.717) is 41.0 Å². The van der Waals surface area contributed by atoms with Crippen molar-refractivity contribution in [3.05, 3.63) is 35.5 Å². The molecule has 2 saturated carbocycles. The molecule has 18 nitrogen and oxygen atoms in total. The van der Waals surface area contributed by atoms with Crippen LogP contribution in [-0.2, 0) is 9.53 Å². The van der Waals surface area contributed by atoms with Crippen LogP contribution in [-0.4, -0.2) is 87.3 Å². The molecule has 4 aromatic heterocycles. The van der Waals surface area contributed by atoms with Crippen LogP contribution in [0.3, 0.4) is 0 Å². The van der Waals surface area contributed by atoms with Gasteiger partial charge in [-0.05, 0) is 44.4 Å². The molecule has 49 heavy (non-hydrogen) atoms. The minimum absolute atomic E-state index is 0. The van der Waals surface area contributed by atoms with Crippen molar-refractivity contribution in [1.82, 2.24) is 39.6 Å². The number of carbonyl (C=O) groups excluding carboxylic acids is 2. The molecule has 0 spiro atoms. The van der Waals surface area contributed by atoms with Gasteiger partial charge in [0.05, 0.1) is 31.3 Å². The third-order valence-electron chi connectivity index (χ3n) is 8.64. The number of hydrogen-bond donors (Lipinski definition) is 3. The number of carbonyl (C=O) groups is 3. The molecule has 0 aliphatic heterocycles. The minimum Gasteiger partial charge on any atom is -0.870 e. The first-order valence-corrected chi connectivity index (χ1v) is 15.7. The monoisotopic (exact) mass is 687 g/mol. The summed E-state index contributed by atoms with van der Waals surface area (Å²) in [6.45, 7) is 14.0. The van der Waals surface area contributed by atoms with Crippen LogP contribution in [0.25, 0.3) is 16.1 Å². The van der Waals surface area contributed by atoms with E-state index in [-0.39, 0.29) is 76.8 Å². The maximum absolute atomic E-state index is 12.0. The molecule has 0 aromatic carbocycles. The predicted molar refractivity (Wildman–Crippen MR) is 169 cm³/mol. The van der Waals surface area contributed by atoms with Crippen LogP contribution in [0.4, 0.5) is 17.1 Å². The molecule has 2 aliphatic carbocycles. The summed E-state index contributed by atoms with van der Waals surface area (Å²) in [5.41, 5.74) is 2.00. The Hall–Kier alpha value is -4.44. The number of aromatic nitrogens is 8. The van der Waals surface area contributed by atoms with Crippen LogP contribution < -0.4 is 44.9 Å². The van der Waals surface area contributed by atoms with Gasteiger partial charge in [0.25, 0.3) is 18.1 Å². The maximum atomic E-state index is 12.0. The van der Waals surface area contributed by atoms with Gasteiger partial charge in [-0.1, -0.05) is 39.5 Å². The van der Waals surface area contributed by atoms with Crippen LogP contribution in [0.15, 0.2) is 12.4 Å². The Bertz CT molecular complexity index is 1810. The van der Waals surface area contributed by atoms with Crippen molar-refractivity contribution in [1.29, 1.82) is 0 Å². The van der Waals surface area contributed by atoms with Crippen LogP contribution in [0.1, 0.15) is 93.4 Å². The van der Waals surface area contributed by atoms with Gasteiger partial charge in [0.2, 0.25) is 11.3 Å². The smallest absolute Gasteiger partial charge is 0.870 e. The van der Waals surface area contributed by atoms with Crippen LogP contribution >= 0.6 is 0 Å². The Labute approximate surface area is 303 Å². The third-order valence-corrected chi connectivity index (χ3v) is 8.64. The summed E-state index contributed by atoms with van der Waals surface area (Å²) in [6, 6.07) is 0.460. The van der Waals surface area contributed by atoms with E-state index < -0.39 is 11.9 Å². The van der Waals surface area contributed by atoms with Gasteiger partial charge in [-0.25, -0.2) is 14.4 Å². The standard InChI is InChI=1S/C16H20N6O2.C14H17N5O4.Na.H2O/c1-4-24-16(23)15-21-20-14-13(12(17-3)9-18-22(14)15)19-11-8-6-5-7-10(11)2;1-8-4-2-3-5-9(8)16-11-10(23-7-20)6-15-19-12(11)17-18-13(19)14(21)22;;/h9-11,19H,4-8H2,1-2H3;6-9,16H,2-5H2,1H3,(H,21,22);;1H2/q;;+1;/p-1. The number of hydrogen-bond acceptors (Lipinski definition) is 14. The maximum Gasteiger partial charge on any atom is 1.00 e. The number of carboxylic acids is 1. The zero-order valence-electron chi connectivity index (χ0n) is 27.9. The Balaban J connectivity index is 0.000000255. The average molecular weight is 688 g/mol. The Morgan fingerprint density at radius 3 is 2.00 bits per heavy atom. The topological polar surface area (TPSA) is 234 Å². The summed E-state index contributed by atoms with van der Waals surface area (Å²) >= 11 is 0. The van der Waals surface area contributed by atoms with Crippen molar-refractivity contribution in [3.63, 3.8) is 0 Å². The molecule has 4 heterocycles. The Morgan fingerprint density at radius 2 is 1.45 bits per heavy atom. The molecule has 4 unspecified atom stereocenters. The molecule has 19 heteroatoms. The van der Waals surface area contributed by atoms with Gasteiger partial charge in [-0.2, -0.15) is 19.2 Å². The van der Waals surface area contributed by atoms with Crippen molar-refractivity contribution < 1.29 is 64.0 Å². The van der Waals surface area contributed by atoms with Crippen molar-refractivity contribution in [3.8, 4) is 5.75 Å². The van der Waals surface area contributed by atoms with E-state index in [1.165, 1.54) is 29.8 Å². The first kappa shape index (κ1) is 39.0. The molecule has 4 atom stereocenters. The normalized spacial score (nSPS) is 20.0. The average Bonchev–Trinajstić information content (AvgIpc) is 3.70. The zero-order chi connectivity index (χ0) is 33.5. The van der Waals surface area contributed by atoms with Crippen LogP contribution in [0.5, 0.6) is 5.75 Å². The predicted octanol–water partition coefficient (Wildman–Crippen LogP) is 1.02. The van der Waals surface area contributed by atoms with Gasteiger partial charge in [0, 0.05) is 12.1 Å². The molecule has 4 aromatic rings. The summed E-state index contributed by atoms with van der Waals surface area (Å²) in [6.07, 6.45) is 11.7. The molecule has 0 bridgehead atoms. The number of fused-ring (bicyclic) bond motifs is 2. The van der Waals surface area contributed by atoms with E-state index in [0.717, 1.165) is 43.0 Å². The molecule has 0 saturated heterocycles. The van der Waals surface area contributed by atoms with Crippen molar-refractivity contribution in [2.24, 2.45) is 11.8 Å². The first-order valence-electron chi connectivity index (χ1n) is 15.7. The van der Waals surface area contributed by atoms with Crippen LogP contribution in [0, 0.1) is 18.4 Å². The van der Waals surface area contributed by atoms with E-state index in [2.05, 4.69) is 59.9 Å². The van der Waals surface area contributed by atoms with Gasteiger partial charge in [-0.3, -0.25) is 4.79 Å². The van der Waals surface area contributed by atoms with E-state index in [1.807, 2.05) is 0 Å². The second-order valence-electron chi connectivity index (χ2n) is 11.7. The van der Waals surface area contributed by atoms with Gasteiger partial charge in [0.1, 0.15) is 5.69 Å². The second-order valence-corrected chi connectivity index (χ2v) is 11.7. The number of anilines is 2. The summed E-state index contributed by atoms with van der Waals surface area (Å²) in [5, 5.41) is 39.5. The number of aromatic carboxylic acids is 1. The summed E-state index contributed by atoms with van der Waals surface area (Å²) < 4.78 is 12.4. The van der Waals surface area contributed by atoms with Gasteiger partial charge in [0.15, 0.2) is 11.4 Å². The fraction of sp³-hybridized carbons (Fsp3) is 0.533. The molecule has 2 aliphatic rings. The molecule has 4 N–H and O–H groups in total. The molecule has 256 valence electrons. The fourth-order valence-corrected chi connectivity index (χ4v) is 6.06. The van der Waals surface area contributed by atoms with Gasteiger partial charge in [-0.15, -0.1) is 20.4 Å². The summed E-state index contributed by atoms with van der Waals surface area (Å²) in [7, 11) is 0. The Morgan fingerprint density at radius 1 is 0.918 bits per heavy atom. The minimum atomic E-state index is -1.23. The summed E-state index contributed by atoms with van der Waals surface area (Å²) in [4.78, 5) is 37.4. The van der Waals surface area contributed by atoms with E-state index in [1.54, 1.807) is 6.92 Å². The SMILES string of the molecule is CC1CCCCC1Nc1c(OC=O)cnn2c(C(=O)O)nnc12.[C-]#[N+]c1cnn2c(C(=O)OCC)nnc2c1NC1CCCCC1C.[Na+].[OH-]. The Kier molecular flexibility index (Phi) is 14.2. The molecule has 0 amide bonds. The number of carboxylic acid groups (broad SMARTS) is 1. The third kappa shape index (κ3) is 8.60. The number of nitrogens with zero attached hydrogens (tertiary/aromatic N) is 9. The molecular formula is C30H38N11NaO7.